The Balaban J connectivity index is 2.13. The Morgan fingerprint density at radius 2 is 1.86 bits per heavy atom. The number of aromatic nitrogens is 4. The van der Waals surface area contributed by atoms with E-state index in [1.807, 2.05) is 51.1 Å². The predicted molar refractivity (Wildman–Crippen MR) is 138 cm³/mol. The number of carbonyl (C=O) groups is 1. The highest BCUT2D eigenvalue weighted by atomic mass is 32.2. The summed E-state index contributed by atoms with van der Waals surface area (Å²) in [5.41, 5.74) is 0.0808. The molecule has 1 amide bonds. The summed E-state index contributed by atoms with van der Waals surface area (Å²) in [6.07, 6.45) is 0.881. The Labute approximate surface area is 208 Å². The smallest absolute Gasteiger partial charge is 0.310 e. The Kier molecular flexibility index (Phi) is 8.46. The first-order valence-corrected chi connectivity index (χ1v) is 12.5. The van der Waals surface area contributed by atoms with Gasteiger partial charge >= 0.3 is 5.69 Å². The monoisotopic (exact) mass is 494 g/mol. The number of rotatable bonds is 9. The van der Waals surface area contributed by atoms with Crippen LogP contribution in [0.25, 0.3) is 11.0 Å². The standard InChI is InChI=1S/C25H30N6O3S/c1-6-14-31-21-19(24(33)29(5)25(31)34)22(28-20(27-21)16(2)3)35-17(4)23(32)30(15-10-13-26)18-11-8-7-9-12-18/h7-9,11-12,16-17H,6,10,14-15H2,1-5H3/t17-/m1/s1. The molecule has 0 aliphatic rings. The van der Waals surface area contributed by atoms with Gasteiger partial charge in [0.2, 0.25) is 5.91 Å². The van der Waals surface area contributed by atoms with E-state index in [9.17, 15) is 14.4 Å². The lowest BCUT2D eigenvalue weighted by atomic mass is 10.2. The van der Waals surface area contributed by atoms with E-state index in [0.29, 0.717) is 35.2 Å². The largest absolute Gasteiger partial charge is 0.332 e. The number of aryl methyl sites for hydroxylation is 1. The number of nitriles is 1. The number of hydrogen-bond acceptors (Lipinski definition) is 7. The van der Waals surface area contributed by atoms with Crippen molar-refractivity contribution < 1.29 is 4.79 Å². The van der Waals surface area contributed by atoms with Crippen LogP contribution in [0.2, 0.25) is 0 Å². The lowest BCUT2D eigenvalue weighted by Crippen LogP contribution is -2.39. The summed E-state index contributed by atoms with van der Waals surface area (Å²) in [7, 11) is 1.44. The topological polar surface area (TPSA) is 114 Å². The highest BCUT2D eigenvalue weighted by Gasteiger charge is 2.26. The molecule has 0 fully saturated rings. The third kappa shape index (κ3) is 5.46. The van der Waals surface area contributed by atoms with Gasteiger partial charge in [0.15, 0.2) is 5.65 Å². The van der Waals surface area contributed by atoms with Crippen LogP contribution in [0.3, 0.4) is 0 Å². The van der Waals surface area contributed by atoms with Crippen molar-refractivity contribution >= 4 is 34.4 Å². The van der Waals surface area contributed by atoms with Crippen molar-refractivity contribution in [3.8, 4) is 6.07 Å². The molecule has 0 aliphatic heterocycles. The van der Waals surface area contributed by atoms with Crippen LogP contribution in [0.15, 0.2) is 44.9 Å². The molecule has 0 unspecified atom stereocenters. The molecule has 2 heterocycles. The van der Waals surface area contributed by atoms with Gasteiger partial charge in [0, 0.05) is 31.7 Å². The fourth-order valence-electron chi connectivity index (χ4n) is 3.70. The molecule has 10 heteroatoms. The quantitative estimate of drug-likeness (QED) is 0.331. The maximum atomic E-state index is 13.5. The first-order valence-electron chi connectivity index (χ1n) is 11.6. The first kappa shape index (κ1) is 26.2. The molecule has 0 saturated carbocycles. The second kappa shape index (κ2) is 11.3. The minimum atomic E-state index is -0.608. The van der Waals surface area contributed by atoms with E-state index in [-0.39, 0.29) is 30.2 Å². The number of anilines is 1. The molecule has 9 nitrogen and oxygen atoms in total. The van der Waals surface area contributed by atoms with Gasteiger partial charge in [0.1, 0.15) is 16.2 Å². The van der Waals surface area contributed by atoms with Crippen LogP contribution in [-0.4, -0.2) is 36.8 Å². The molecule has 0 radical (unpaired) electrons. The molecular weight excluding hydrogens is 464 g/mol. The summed E-state index contributed by atoms with van der Waals surface area (Å²) in [6, 6.07) is 11.3. The molecule has 0 bridgehead atoms. The fourth-order valence-corrected chi connectivity index (χ4v) is 4.70. The summed E-state index contributed by atoms with van der Waals surface area (Å²) < 4.78 is 2.57. The van der Waals surface area contributed by atoms with Crippen LogP contribution in [0.5, 0.6) is 0 Å². The molecule has 0 spiro atoms. The zero-order chi connectivity index (χ0) is 25.7. The van der Waals surface area contributed by atoms with E-state index in [1.165, 1.54) is 23.4 Å². The summed E-state index contributed by atoms with van der Waals surface area (Å²) in [4.78, 5) is 50.3. The van der Waals surface area contributed by atoms with Gasteiger partial charge in [-0.15, -0.1) is 0 Å². The summed E-state index contributed by atoms with van der Waals surface area (Å²) >= 11 is 1.17. The zero-order valence-corrected chi connectivity index (χ0v) is 21.5. The summed E-state index contributed by atoms with van der Waals surface area (Å²) in [5, 5.41) is 9.09. The second-order valence-corrected chi connectivity index (χ2v) is 9.86. The van der Waals surface area contributed by atoms with E-state index in [2.05, 4.69) is 16.0 Å². The third-order valence-corrected chi connectivity index (χ3v) is 6.62. The van der Waals surface area contributed by atoms with Gasteiger partial charge in [-0.2, -0.15) is 5.26 Å². The number of benzene rings is 1. The molecule has 2 aromatic heterocycles. The highest BCUT2D eigenvalue weighted by molar-refractivity contribution is 8.00. The summed E-state index contributed by atoms with van der Waals surface area (Å²) in [6.45, 7) is 8.24. The van der Waals surface area contributed by atoms with Crippen molar-refractivity contribution in [1.29, 1.82) is 5.26 Å². The van der Waals surface area contributed by atoms with Crippen molar-refractivity contribution in [1.82, 2.24) is 19.1 Å². The average Bonchev–Trinajstić information content (AvgIpc) is 2.85. The zero-order valence-electron chi connectivity index (χ0n) is 20.7. The van der Waals surface area contributed by atoms with Crippen LogP contribution < -0.4 is 16.1 Å². The normalized spacial score (nSPS) is 12.0. The molecule has 1 aromatic carbocycles. The number of amides is 1. The van der Waals surface area contributed by atoms with Gasteiger partial charge in [-0.3, -0.25) is 18.7 Å². The Morgan fingerprint density at radius 3 is 2.46 bits per heavy atom. The fraction of sp³-hybridized carbons (Fsp3) is 0.440. The van der Waals surface area contributed by atoms with Crippen molar-refractivity contribution in [3.05, 3.63) is 57.0 Å². The van der Waals surface area contributed by atoms with E-state index < -0.39 is 16.5 Å². The number of para-hydroxylation sites is 1. The molecule has 184 valence electrons. The molecule has 35 heavy (non-hydrogen) atoms. The van der Waals surface area contributed by atoms with Crippen LogP contribution in [0, 0.1) is 11.3 Å². The average molecular weight is 495 g/mol. The van der Waals surface area contributed by atoms with Crippen molar-refractivity contribution in [2.24, 2.45) is 7.05 Å². The molecule has 0 saturated heterocycles. The number of carbonyl (C=O) groups excluding carboxylic acids is 1. The summed E-state index contributed by atoms with van der Waals surface area (Å²) in [5.74, 6) is 0.255. The molecular formula is C25H30N6O3S. The maximum absolute atomic E-state index is 13.5. The van der Waals surface area contributed by atoms with Crippen LogP contribution in [-0.2, 0) is 18.4 Å². The van der Waals surface area contributed by atoms with Crippen molar-refractivity contribution in [3.63, 3.8) is 0 Å². The van der Waals surface area contributed by atoms with Crippen molar-refractivity contribution in [2.75, 3.05) is 11.4 Å². The molecule has 3 aromatic rings. The Hall–Kier alpha value is -3.45. The van der Waals surface area contributed by atoms with Crippen LogP contribution >= 0.6 is 11.8 Å². The molecule has 1 atom stereocenters. The van der Waals surface area contributed by atoms with E-state index in [0.717, 1.165) is 4.57 Å². The second-order valence-electron chi connectivity index (χ2n) is 8.53. The molecule has 0 N–H and O–H groups in total. The number of hydrogen-bond donors (Lipinski definition) is 0. The third-order valence-electron chi connectivity index (χ3n) is 5.55. The Morgan fingerprint density at radius 1 is 1.17 bits per heavy atom. The predicted octanol–water partition coefficient (Wildman–Crippen LogP) is 3.45. The van der Waals surface area contributed by atoms with E-state index in [1.54, 1.807) is 11.8 Å². The maximum Gasteiger partial charge on any atom is 0.332 e. The van der Waals surface area contributed by atoms with E-state index in [4.69, 9.17) is 5.26 Å². The van der Waals surface area contributed by atoms with E-state index >= 15 is 0 Å². The Bertz CT molecular complexity index is 1370. The van der Waals surface area contributed by atoms with Gasteiger partial charge in [0.05, 0.1) is 17.7 Å². The van der Waals surface area contributed by atoms with Crippen LogP contribution in [0.1, 0.15) is 52.3 Å². The highest BCUT2D eigenvalue weighted by Crippen LogP contribution is 2.30. The van der Waals surface area contributed by atoms with Gasteiger partial charge < -0.3 is 4.90 Å². The number of nitrogens with zero attached hydrogens (tertiary/aromatic N) is 6. The van der Waals surface area contributed by atoms with Gasteiger partial charge in [-0.25, -0.2) is 14.8 Å². The van der Waals surface area contributed by atoms with Crippen LogP contribution in [0.4, 0.5) is 5.69 Å². The minimum Gasteiger partial charge on any atom is -0.310 e. The number of fused-ring (bicyclic) bond motifs is 1. The molecule has 3 rings (SSSR count). The molecule has 0 aliphatic carbocycles. The first-order chi connectivity index (χ1) is 16.7. The number of thioether (sulfide) groups is 1. The SMILES string of the molecule is CCCn1c(=O)n(C)c(=O)c2c(S[C@H](C)C(=O)N(CCC#N)c3ccccc3)nc(C(C)C)nc21. The van der Waals surface area contributed by atoms with Gasteiger partial charge in [-0.1, -0.05) is 50.7 Å². The van der Waals surface area contributed by atoms with Gasteiger partial charge in [-0.05, 0) is 25.5 Å². The lowest BCUT2D eigenvalue weighted by Gasteiger charge is -2.25. The lowest BCUT2D eigenvalue weighted by molar-refractivity contribution is -0.117. The van der Waals surface area contributed by atoms with Crippen molar-refractivity contribution in [2.45, 2.75) is 63.3 Å². The van der Waals surface area contributed by atoms with Gasteiger partial charge in [0.25, 0.3) is 5.56 Å². The minimum absolute atomic E-state index is 0.0459.